The summed E-state index contributed by atoms with van der Waals surface area (Å²) in [4.78, 5) is 19.2. The summed E-state index contributed by atoms with van der Waals surface area (Å²) >= 11 is 0. The molecule has 0 aromatic carbocycles. The number of aliphatic hydroxyl groups is 1. The molecule has 0 heterocycles. The highest BCUT2D eigenvalue weighted by Gasteiger charge is 2.48. The molecule has 0 aromatic heterocycles. The molecule has 1 atom stereocenters. The van der Waals surface area contributed by atoms with Crippen LogP contribution in [0, 0.1) is 0 Å². The van der Waals surface area contributed by atoms with E-state index in [1.54, 1.807) is 0 Å². The molecule has 0 radical (unpaired) electrons. The van der Waals surface area contributed by atoms with Gasteiger partial charge in [-0.25, -0.2) is 0 Å². The normalized spacial score (nSPS) is 15.1. The average molecular weight is 475 g/mol. The Labute approximate surface area is 198 Å². The van der Waals surface area contributed by atoms with Crippen LogP contribution in [0.25, 0.3) is 0 Å². The van der Waals surface area contributed by atoms with Crippen LogP contribution < -0.4 is 0 Å². The predicted octanol–water partition coefficient (Wildman–Crippen LogP) is 6.93. The maximum Gasteiger partial charge on any atom is 0.362 e. The highest BCUT2D eigenvalue weighted by Crippen LogP contribution is 2.52. The van der Waals surface area contributed by atoms with Crippen LogP contribution in [-0.2, 0) is 4.57 Å². The van der Waals surface area contributed by atoms with Crippen molar-refractivity contribution in [1.29, 1.82) is 0 Å². The summed E-state index contributed by atoms with van der Waals surface area (Å²) in [6, 6.07) is 0. The number of rotatable bonds is 21. The Hall–Kier alpha value is -0.450. The molecule has 0 aliphatic carbocycles. The molecule has 0 aliphatic rings. The van der Waals surface area contributed by atoms with Crippen LogP contribution >= 0.6 is 7.60 Å². The topological polar surface area (TPSA) is 77.8 Å². The Morgan fingerprint density at radius 1 is 0.688 bits per heavy atom. The van der Waals surface area contributed by atoms with Gasteiger partial charge in [0.15, 0.2) is 0 Å². The molecule has 1 unspecified atom stereocenters. The third-order valence-electron chi connectivity index (χ3n) is 5.77. The summed E-state index contributed by atoms with van der Waals surface area (Å²) in [5.74, 6) is 0. The Morgan fingerprint density at radius 3 is 1.44 bits per heavy atom. The molecule has 3 N–H and O–H groups in total. The molecule has 0 fully saturated rings. The van der Waals surface area contributed by atoms with Crippen molar-refractivity contribution in [3.05, 3.63) is 24.3 Å². The van der Waals surface area contributed by atoms with Gasteiger partial charge in [0, 0.05) is 0 Å². The molecule has 0 bridgehead atoms. The monoisotopic (exact) mass is 474 g/mol. The summed E-state index contributed by atoms with van der Waals surface area (Å²) in [7, 11) is 0.915. The highest BCUT2D eigenvalue weighted by atomic mass is 31.2. The quantitative estimate of drug-likeness (QED) is 0.0729. The maximum absolute atomic E-state index is 11.8. The minimum Gasteiger partial charge on any atom is -0.373 e. The van der Waals surface area contributed by atoms with Crippen molar-refractivity contribution in [3.8, 4) is 0 Å². The molecule has 32 heavy (non-hydrogen) atoms. The lowest BCUT2D eigenvalue weighted by Crippen LogP contribution is -2.49. The molecular formula is C26H53NO4P+. The van der Waals surface area contributed by atoms with Crippen molar-refractivity contribution in [3.63, 3.8) is 0 Å². The smallest absolute Gasteiger partial charge is 0.362 e. The lowest BCUT2D eigenvalue weighted by atomic mass is 10.1. The number of hydrogen-bond acceptors (Lipinski definition) is 2. The number of unbranched alkanes of at least 4 members (excludes halogenated alkanes) is 12. The molecule has 6 heteroatoms. The average Bonchev–Trinajstić information content (AvgIpc) is 2.67. The van der Waals surface area contributed by atoms with Crippen LogP contribution in [0.1, 0.15) is 110 Å². The fourth-order valence-electron chi connectivity index (χ4n) is 3.97. The molecule has 0 aliphatic heterocycles. The minimum atomic E-state index is -4.57. The van der Waals surface area contributed by atoms with E-state index in [1.165, 1.54) is 77.0 Å². The van der Waals surface area contributed by atoms with Gasteiger partial charge in [0.05, 0.1) is 21.1 Å². The third kappa shape index (κ3) is 18.0. The molecule has 0 spiro atoms. The van der Waals surface area contributed by atoms with Gasteiger partial charge in [-0.05, 0) is 57.8 Å². The first kappa shape index (κ1) is 31.6. The summed E-state index contributed by atoms with van der Waals surface area (Å²) < 4.78 is 12.1. The molecule has 0 rings (SSSR count). The zero-order valence-electron chi connectivity index (χ0n) is 21.5. The Kier molecular flexibility index (Phi) is 17.7. The van der Waals surface area contributed by atoms with Gasteiger partial charge in [-0.3, -0.25) is 4.57 Å². The van der Waals surface area contributed by atoms with E-state index in [0.717, 1.165) is 12.8 Å². The van der Waals surface area contributed by atoms with Gasteiger partial charge in [0.1, 0.15) is 6.54 Å². The molecule has 190 valence electrons. The van der Waals surface area contributed by atoms with Crippen LogP contribution in [-0.4, -0.2) is 52.4 Å². The predicted molar refractivity (Wildman–Crippen MR) is 138 cm³/mol. The Morgan fingerprint density at radius 2 is 1.06 bits per heavy atom. The van der Waals surface area contributed by atoms with E-state index in [9.17, 15) is 19.5 Å². The fourth-order valence-corrected chi connectivity index (χ4v) is 5.03. The van der Waals surface area contributed by atoms with Crippen molar-refractivity contribution in [2.75, 3.05) is 27.7 Å². The lowest BCUT2D eigenvalue weighted by molar-refractivity contribution is -0.875. The van der Waals surface area contributed by atoms with Gasteiger partial charge in [0.2, 0.25) is 5.34 Å². The van der Waals surface area contributed by atoms with Gasteiger partial charge >= 0.3 is 7.60 Å². The van der Waals surface area contributed by atoms with Crippen molar-refractivity contribution in [1.82, 2.24) is 0 Å². The molecule has 0 amide bonds. The second-order valence-electron chi connectivity index (χ2n) is 10.4. The highest BCUT2D eigenvalue weighted by molar-refractivity contribution is 7.53. The van der Waals surface area contributed by atoms with Crippen molar-refractivity contribution >= 4 is 7.60 Å². The van der Waals surface area contributed by atoms with Crippen molar-refractivity contribution in [2.24, 2.45) is 0 Å². The summed E-state index contributed by atoms with van der Waals surface area (Å²) in [5.41, 5.74) is 0. The molecular weight excluding hydrogens is 421 g/mol. The Balaban J connectivity index is 3.69. The van der Waals surface area contributed by atoms with Crippen molar-refractivity contribution < 1.29 is 23.9 Å². The molecule has 5 nitrogen and oxygen atoms in total. The molecule has 0 saturated carbocycles. The fraction of sp³-hybridized carbons (Fsp3) is 0.846. The van der Waals surface area contributed by atoms with E-state index in [1.807, 2.05) is 21.1 Å². The van der Waals surface area contributed by atoms with Crippen LogP contribution in [0.2, 0.25) is 0 Å². The zero-order chi connectivity index (χ0) is 24.3. The maximum atomic E-state index is 11.8. The number of nitrogens with zero attached hydrogens (tertiary/aromatic N) is 1. The van der Waals surface area contributed by atoms with Crippen LogP contribution in [0.5, 0.6) is 0 Å². The van der Waals surface area contributed by atoms with Gasteiger partial charge in [-0.15, -0.1) is 0 Å². The number of quaternary nitrogens is 1. The zero-order valence-corrected chi connectivity index (χ0v) is 22.4. The van der Waals surface area contributed by atoms with Crippen LogP contribution in [0.15, 0.2) is 24.3 Å². The number of hydrogen-bond donors (Lipinski definition) is 3. The first-order chi connectivity index (χ1) is 15.0. The summed E-state index contributed by atoms with van der Waals surface area (Å²) in [5, 5.41) is 8.58. The number of allylic oxidation sites excluding steroid dienone is 4. The third-order valence-corrected chi connectivity index (χ3v) is 7.22. The molecule has 0 saturated heterocycles. The van der Waals surface area contributed by atoms with Gasteiger partial charge < -0.3 is 19.4 Å². The van der Waals surface area contributed by atoms with E-state index in [2.05, 4.69) is 31.2 Å². The van der Waals surface area contributed by atoms with Crippen LogP contribution in [0.3, 0.4) is 0 Å². The van der Waals surface area contributed by atoms with Crippen molar-refractivity contribution in [2.45, 2.75) is 115 Å². The van der Waals surface area contributed by atoms with Crippen LogP contribution in [0.4, 0.5) is 0 Å². The van der Waals surface area contributed by atoms with Gasteiger partial charge in [-0.2, -0.15) is 0 Å². The van der Waals surface area contributed by atoms with E-state index >= 15 is 0 Å². The largest absolute Gasteiger partial charge is 0.373 e. The second kappa shape index (κ2) is 18.0. The summed E-state index contributed by atoms with van der Waals surface area (Å²) in [6.45, 7) is 2.29. The van der Waals surface area contributed by atoms with E-state index in [-0.39, 0.29) is 13.0 Å². The summed E-state index contributed by atoms with van der Waals surface area (Å²) in [6.07, 6.45) is 27.0. The van der Waals surface area contributed by atoms with E-state index in [0.29, 0.717) is 10.9 Å². The van der Waals surface area contributed by atoms with Gasteiger partial charge in [0.25, 0.3) is 0 Å². The second-order valence-corrected chi connectivity index (χ2v) is 12.3. The minimum absolute atomic E-state index is 0.0375. The molecule has 0 aromatic rings. The SMILES string of the molecule is CCCCCCC/C=C\CCCCCCC/C=C\CCCC(O)(C[N+](C)(C)C)P(=O)(O)O. The van der Waals surface area contributed by atoms with E-state index < -0.39 is 12.9 Å². The Bertz CT molecular complexity index is 551. The van der Waals surface area contributed by atoms with E-state index in [4.69, 9.17) is 0 Å². The number of likely N-dealkylation sites (N-methyl/N-ethyl adjacent to an activating group) is 1. The lowest BCUT2D eigenvalue weighted by Gasteiger charge is -2.35. The standard InChI is InChI=1S/C26H52NO4P/c1-5-6-7-8-9-10-11-12-13-14-15-16-17-18-19-20-21-22-23-24-26(28,32(29,30)31)25-27(2,3)4/h11-12,20-21,28H,5-10,13-19,22-25H2,1-4H3,(H-,29,30,31)/p+1/b12-11-,21-20-. The first-order valence-electron chi connectivity index (χ1n) is 12.9. The first-order valence-corrected chi connectivity index (χ1v) is 14.5. The van der Waals surface area contributed by atoms with Gasteiger partial charge in [-0.1, -0.05) is 76.2 Å².